The SMILES string of the molecule is CCCCNC(=O)[C@H](CC)N(Cc1ccccc1Cl)C(=O)CCCN(c1ccc2c(c1)OCO2)S(C)(=O)=O. The molecule has 11 heteroatoms. The fourth-order valence-corrected chi connectivity index (χ4v) is 5.43. The Morgan fingerprint density at radius 3 is 2.50 bits per heavy atom. The summed E-state index contributed by atoms with van der Waals surface area (Å²) in [5.74, 6) is 0.564. The number of carbonyl (C=O) groups is 2. The molecule has 2 amide bonds. The molecule has 2 aromatic rings. The summed E-state index contributed by atoms with van der Waals surface area (Å²) in [5.41, 5.74) is 1.17. The predicted molar refractivity (Wildman–Crippen MR) is 148 cm³/mol. The van der Waals surface area contributed by atoms with Gasteiger partial charge in [-0.1, -0.05) is 50.1 Å². The van der Waals surface area contributed by atoms with Gasteiger partial charge in [-0.3, -0.25) is 13.9 Å². The lowest BCUT2D eigenvalue weighted by molar-refractivity contribution is -0.141. The van der Waals surface area contributed by atoms with Crippen molar-refractivity contribution in [1.29, 1.82) is 0 Å². The lowest BCUT2D eigenvalue weighted by Crippen LogP contribution is -2.49. The average Bonchev–Trinajstić information content (AvgIpc) is 3.35. The van der Waals surface area contributed by atoms with Crippen molar-refractivity contribution in [1.82, 2.24) is 10.2 Å². The van der Waals surface area contributed by atoms with Crippen molar-refractivity contribution < 1.29 is 27.5 Å². The number of nitrogens with one attached hydrogen (secondary N) is 1. The van der Waals surface area contributed by atoms with Crippen LogP contribution in [0.25, 0.3) is 0 Å². The molecule has 0 spiro atoms. The molecule has 0 unspecified atom stereocenters. The van der Waals surface area contributed by atoms with Crippen molar-refractivity contribution >= 4 is 39.1 Å². The Kier molecular flexibility index (Phi) is 10.7. The molecule has 0 radical (unpaired) electrons. The van der Waals surface area contributed by atoms with E-state index in [9.17, 15) is 18.0 Å². The molecule has 0 aromatic heterocycles. The van der Waals surface area contributed by atoms with E-state index in [1.165, 1.54) is 4.31 Å². The Hall–Kier alpha value is -2.98. The van der Waals surface area contributed by atoms with E-state index in [4.69, 9.17) is 21.1 Å². The first-order valence-corrected chi connectivity index (χ1v) is 15.1. The Bertz CT molecular complexity index is 1220. The van der Waals surface area contributed by atoms with E-state index in [0.717, 1.165) is 24.7 Å². The van der Waals surface area contributed by atoms with Gasteiger partial charge < -0.3 is 19.7 Å². The van der Waals surface area contributed by atoms with Crippen molar-refractivity contribution in [3.05, 3.63) is 53.1 Å². The fourth-order valence-electron chi connectivity index (χ4n) is 4.28. The maximum absolute atomic E-state index is 13.5. The summed E-state index contributed by atoms with van der Waals surface area (Å²) in [6, 6.07) is 11.5. The summed E-state index contributed by atoms with van der Waals surface area (Å²) in [6.07, 6.45) is 3.66. The third kappa shape index (κ3) is 7.77. The van der Waals surface area contributed by atoms with Crippen molar-refractivity contribution in [2.75, 3.05) is 30.4 Å². The molecule has 1 atom stereocenters. The summed E-state index contributed by atoms with van der Waals surface area (Å²) in [5, 5.41) is 3.44. The molecule has 1 heterocycles. The van der Waals surface area contributed by atoms with Crippen LogP contribution in [0.15, 0.2) is 42.5 Å². The van der Waals surface area contributed by atoms with E-state index >= 15 is 0 Å². The van der Waals surface area contributed by atoms with Crippen LogP contribution in [0.4, 0.5) is 5.69 Å². The molecule has 1 aliphatic heterocycles. The lowest BCUT2D eigenvalue weighted by Gasteiger charge is -2.31. The van der Waals surface area contributed by atoms with E-state index in [1.807, 2.05) is 32.0 Å². The Morgan fingerprint density at radius 2 is 1.82 bits per heavy atom. The second kappa shape index (κ2) is 13.7. The Balaban J connectivity index is 1.75. The number of benzene rings is 2. The van der Waals surface area contributed by atoms with Crippen LogP contribution in [0.1, 0.15) is 51.5 Å². The van der Waals surface area contributed by atoms with E-state index < -0.39 is 16.1 Å². The van der Waals surface area contributed by atoms with Gasteiger partial charge in [0.05, 0.1) is 11.9 Å². The van der Waals surface area contributed by atoms with Crippen molar-refractivity contribution in [2.45, 2.75) is 58.5 Å². The predicted octanol–water partition coefficient (Wildman–Crippen LogP) is 4.34. The number of carbonyl (C=O) groups excluding carboxylic acids is 2. The number of anilines is 1. The Morgan fingerprint density at radius 1 is 1.08 bits per heavy atom. The van der Waals surface area contributed by atoms with Crippen LogP contribution in [0, 0.1) is 0 Å². The maximum Gasteiger partial charge on any atom is 0.242 e. The first kappa shape index (κ1) is 29.6. The number of amides is 2. The van der Waals surface area contributed by atoms with Gasteiger partial charge in [0.25, 0.3) is 0 Å². The van der Waals surface area contributed by atoms with Gasteiger partial charge in [-0.2, -0.15) is 0 Å². The van der Waals surface area contributed by atoms with Crippen LogP contribution in [0.5, 0.6) is 11.5 Å². The highest BCUT2D eigenvalue weighted by Gasteiger charge is 2.29. The van der Waals surface area contributed by atoms with Crippen LogP contribution in [0.3, 0.4) is 0 Å². The zero-order valence-electron chi connectivity index (χ0n) is 22.1. The number of unbranched alkanes of at least 4 members (excludes halogenated alkanes) is 1. The van der Waals surface area contributed by atoms with Gasteiger partial charge in [-0.25, -0.2) is 8.42 Å². The molecule has 9 nitrogen and oxygen atoms in total. The van der Waals surface area contributed by atoms with Gasteiger partial charge in [-0.05, 0) is 43.0 Å². The van der Waals surface area contributed by atoms with Crippen LogP contribution in [-0.2, 0) is 26.2 Å². The number of sulfonamides is 1. The zero-order chi connectivity index (χ0) is 27.7. The fraction of sp³-hybridized carbons (Fsp3) is 0.481. The van der Waals surface area contributed by atoms with Crippen molar-refractivity contribution in [2.24, 2.45) is 0 Å². The van der Waals surface area contributed by atoms with Gasteiger partial charge >= 0.3 is 0 Å². The highest BCUT2D eigenvalue weighted by Crippen LogP contribution is 2.36. The number of rotatable bonds is 14. The molecule has 1 aliphatic rings. The molecule has 1 N–H and O–H groups in total. The van der Waals surface area contributed by atoms with Crippen LogP contribution in [-0.4, -0.2) is 57.3 Å². The van der Waals surface area contributed by atoms with Crippen LogP contribution in [0.2, 0.25) is 5.02 Å². The first-order chi connectivity index (χ1) is 18.2. The van der Waals surface area contributed by atoms with E-state index in [0.29, 0.717) is 35.2 Å². The van der Waals surface area contributed by atoms with Gasteiger partial charge in [-0.15, -0.1) is 0 Å². The number of fused-ring (bicyclic) bond motifs is 1. The minimum atomic E-state index is -3.62. The topological polar surface area (TPSA) is 105 Å². The van der Waals surface area contributed by atoms with Gasteiger partial charge in [0.1, 0.15) is 6.04 Å². The molecule has 2 aromatic carbocycles. The van der Waals surface area contributed by atoms with E-state index in [2.05, 4.69) is 5.32 Å². The minimum absolute atomic E-state index is 0.0553. The zero-order valence-corrected chi connectivity index (χ0v) is 23.7. The van der Waals surface area contributed by atoms with Gasteiger partial charge in [0, 0.05) is 37.1 Å². The summed E-state index contributed by atoms with van der Waals surface area (Å²) < 4.78 is 37.1. The molecule has 38 heavy (non-hydrogen) atoms. The lowest BCUT2D eigenvalue weighted by atomic mass is 10.1. The first-order valence-electron chi connectivity index (χ1n) is 12.8. The number of halogens is 1. The highest BCUT2D eigenvalue weighted by atomic mass is 35.5. The standard InChI is InChI=1S/C27H36ClN3O6S/c1-4-6-15-29-27(33)23(5-2)30(18-20-10-7-8-11-22(20)28)26(32)12-9-16-31(38(3,34)35)21-13-14-24-25(17-21)37-19-36-24/h7-8,10-11,13-14,17,23H,4-6,9,12,15-16,18-19H2,1-3H3,(H,29,33)/t23-/m0/s1. The number of nitrogens with zero attached hydrogens (tertiary/aromatic N) is 2. The molecule has 0 saturated carbocycles. The van der Waals surface area contributed by atoms with Crippen molar-refractivity contribution in [3.8, 4) is 11.5 Å². The third-order valence-electron chi connectivity index (χ3n) is 6.31. The quantitative estimate of drug-likeness (QED) is 0.342. The molecule has 3 rings (SSSR count). The summed E-state index contributed by atoms with van der Waals surface area (Å²) in [4.78, 5) is 28.1. The largest absolute Gasteiger partial charge is 0.454 e. The Labute approximate surface area is 230 Å². The van der Waals surface area contributed by atoms with E-state index in [1.54, 1.807) is 29.2 Å². The summed E-state index contributed by atoms with van der Waals surface area (Å²) >= 11 is 6.38. The van der Waals surface area contributed by atoms with Gasteiger partial charge in [0.15, 0.2) is 11.5 Å². The van der Waals surface area contributed by atoms with Gasteiger partial charge in [0.2, 0.25) is 28.6 Å². The van der Waals surface area contributed by atoms with Crippen LogP contribution >= 0.6 is 11.6 Å². The molecule has 0 bridgehead atoms. The van der Waals surface area contributed by atoms with E-state index in [-0.39, 0.29) is 44.5 Å². The minimum Gasteiger partial charge on any atom is -0.454 e. The third-order valence-corrected chi connectivity index (χ3v) is 7.87. The monoisotopic (exact) mass is 565 g/mol. The number of ether oxygens (including phenoxy) is 2. The molecule has 0 aliphatic carbocycles. The smallest absolute Gasteiger partial charge is 0.242 e. The molecular formula is C27H36ClN3O6S. The molecule has 0 saturated heterocycles. The second-order valence-electron chi connectivity index (χ2n) is 9.16. The maximum atomic E-state index is 13.5. The molecule has 208 valence electrons. The van der Waals surface area contributed by atoms with Crippen LogP contribution < -0.4 is 19.1 Å². The average molecular weight is 566 g/mol. The normalized spacial score (nSPS) is 13.2. The second-order valence-corrected chi connectivity index (χ2v) is 11.5. The summed E-state index contributed by atoms with van der Waals surface area (Å²) in [6.45, 7) is 4.79. The highest BCUT2D eigenvalue weighted by molar-refractivity contribution is 7.92. The number of hydrogen-bond acceptors (Lipinski definition) is 6. The van der Waals surface area contributed by atoms with Crippen molar-refractivity contribution in [3.63, 3.8) is 0 Å². The molecular weight excluding hydrogens is 530 g/mol. The molecule has 0 fully saturated rings. The summed E-state index contributed by atoms with van der Waals surface area (Å²) in [7, 11) is -3.62. The number of hydrogen-bond donors (Lipinski definition) is 1.